The molecule has 2 amide bonds. The van der Waals surface area contributed by atoms with E-state index in [-0.39, 0.29) is 17.2 Å². The molecule has 1 saturated carbocycles. The van der Waals surface area contributed by atoms with Crippen LogP contribution < -0.4 is 10.6 Å². The number of urea groups is 1. The lowest BCUT2D eigenvalue weighted by atomic mass is 9.89. The number of carbonyl (C=O) groups is 1. The molecule has 0 bridgehead atoms. The summed E-state index contributed by atoms with van der Waals surface area (Å²) in [6.45, 7) is 2.19. The van der Waals surface area contributed by atoms with E-state index in [9.17, 15) is 17.6 Å². The summed E-state index contributed by atoms with van der Waals surface area (Å²) < 4.78 is 39.5. The maximum atomic E-state index is 13.7. The molecular weight excluding hydrogens is 381 g/mol. The molecule has 0 radical (unpaired) electrons. The summed E-state index contributed by atoms with van der Waals surface area (Å²) in [4.78, 5) is 16.1. The smallest absolute Gasteiger partial charge is 0.319 e. The lowest BCUT2D eigenvalue weighted by molar-refractivity contribution is 0.217. The Labute approximate surface area is 164 Å². The lowest BCUT2D eigenvalue weighted by Crippen LogP contribution is -2.35. The lowest BCUT2D eigenvalue weighted by Gasteiger charge is -2.30. The molecule has 2 N–H and O–H groups in total. The molecule has 1 aromatic carbocycles. The van der Waals surface area contributed by atoms with E-state index in [2.05, 4.69) is 15.6 Å². The van der Waals surface area contributed by atoms with Crippen LogP contribution in [0.1, 0.15) is 31.7 Å². The van der Waals surface area contributed by atoms with Crippen molar-refractivity contribution in [3.8, 4) is 0 Å². The van der Waals surface area contributed by atoms with Crippen LogP contribution in [-0.2, 0) is 16.4 Å². The standard InChI is InChI=1S/C20H24FN3O3S/c1-14-4-5-16(21)11-19(14)28(26,27)18-8-6-17(7-9-18)24-20(25)23-13-15-3-2-10-22-12-15/h2-3,6-10,12,14,16,19H,4-5,11,13H2,1H3,(H2,23,24,25). The van der Waals surface area contributed by atoms with Gasteiger partial charge in [0.2, 0.25) is 0 Å². The zero-order valence-electron chi connectivity index (χ0n) is 15.6. The first-order valence-electron chi connectivity index (χ1n) is 9.28. The predicted molar refractivity (Wildman–Crippen MR) is 105 cm³/mol. The Kier molecular flexibility index (Phi) is 6.28. The number of pyridine rings is 1. The SMILES string of the molecule is CC1CCC(F)CC1S(=O)(=O)c1ccc(NC(=O)NCc2cccnc2)cc1. The monoisotopic (exact) mass is 405 g/mol. The summed E-state index contributed by atoms with van der Waals surface area (Å²) in [7, 11) is -3.61. The molecule has 8 heteroatoms. The normalized spacial score (nSPS) is 22.4. The highest BCUT2D eigenvalue weighted by Crippen LogP contribution is 2.34. The molecule has 1 aliphatic rings. The summed E-state index contributed by atoms with van der Waals surface area (Å²) in [6, 6.07) is 9.23. The maximum absolute atomic E-state index is 13.7. The second-order valence-corrected chi connectivity index (χ2v) is 9.33. The fraction of sp³-hybridized carbons (Fsp3) is 0.400. The summed E-state index contributed by atoms with van der Waals surface area (Å²) in [5.41, 5.74) is 1.34. The number of halogens is 1. The number of amides is 2. The largest absolute Gasteiger partial charge is 0.334 e. The van der Waals surface area contributed by atoms with Crippen molar-refractivity contribution in [3.05, 3.63) is 54.4 Å². The van der Waals surface area contributed by atoms with Gasteiger partial charge in [0.25, 0.3) is 0 Å². The molecule has 3 rings (SSSR count). The van der Waals surface area contributed by atoms with Crippen LogP contribution in [0, 0.1) is 5.92 Å². The van der Waals surface area contributed by atoms with E-state index < -0.39 is 27.3 Å². The minimum atomic E-state index is -3.61. The maximum Gasteiger partial charge on any atom is 0.319 e. The van der Waals surface area contributed by atoms with Crippen molar-refractivity contribution in [2.75, 3.05) is 5.32 Å². The average molecular weight is 405 g/mol. The third-order valence-electron chi connectivity index (χ3n) is 5.07. The quantitative estimate of drug-likeness (QED) is 0.794. The number of aromatic nitrogens is 1. The summed E-state index contributed by atoms with van der Waals surface area (Å²) in [6.07, 6.45) is 3.28. The highest BCUT2D eigenvalue weighted by molar-refractivity contribution is 7.92. The minimum Gasteiger partial charge on any atom is -0.334 e. The molecule has 0 saturated heterocycles. The molecule has 3 atom stereocenters. The van der Waals surface area contributed by atoms with Gasteiger partial charge in [-0.2, -0.15) is 0 Å². The summed E-state index contributed by atoms with van der Waals surface area (Å²) >= 11 is 0. The van der Waals surface area contributed by atoms with Crippen molar-refractivity contribution in [3.63, 3.8) is 0 Å². The van der Waals surface area contributed by atoms with Gasteiger partial charge in [-0.3, -0.25) is 4.98 Å². The van der Waals surface area contributed by atoms with Crippen LogP contribution in [0.3, 0.4) is 0 Å². The molecule has 1 heterocycles. The zero-order valence-corrected chi connectivity index (χ0v) is 16.5. The van der Waals surface area contributed by atoms with Crippen LogP contribution >= 0.6 is 0 Å². The van der Waals surface area contributed by atoms with E-state index in [0.29, 0.717) is 25.1 Å². The Bertz CT molecular complexity index is 904. The van der Waals surface area contributed by atoms with Crippen molar-refractivity contribution in [2.24, 2.45) is 5.92 Å². The number of hydrogen-bond acceptors (Lipinski definition) is 4. The third kappa shape index (κ3) is 4.86. The average Bonchev–Trinajstić information content (AvgIpc) is 2.69. The van der Waals surface area contributed by atoms with E-state index in [0.717, 1.165) is 5.56 Å². The Balaban J connectivity index is 1.62. The molecule has 3 unspecified atom stereocenters. The zero-order chi connectivity index (χ0) is 20.1. The number of alkyl halides is 1. The minimum absolute atomic E-state index is 0.0419. The van der Waals surface area contributed by atoms with Gasteiger partial charge in [0.1, 0.15) is 6.17 Å². The van der Waals surface area contributed by atoms with E-state index >= 15 is 0 Å². The topological polar surface area (TPSA) is 88.2 Å². The number of nitrogens with one attached hydrogen (secondary N) is 2. The van der Waals surface area contributed by atoms with Crippen molar-refractivity contribution in [1.29, 1.82) is 0 Å². The molecule has 28 heavy (non-hydrogen) atoms. The predicted octanol–water partition coefficient (Wildman–Crippen LogP) is 3.70. The Morgan fingerprint density at radius 1 is 1.21 bits per heavy atom. The molecule has 6 nitrogen and oxygen atoms in total. The first-order valence-corrected chi connectivity index (χ1v) is 10.8. The summed E-state index contributed by atoms with van der Waals surface area (Å²) in [5.74, 6) is -0.0759. The molecule has 150 valence electrons. The van der Waals surface area contributed by atoms with E-state index in [1.165, 1.54) is 24.3 Å². The molecule has 2 aromatic rings. The van der Waals surface area contributed by atoms with Gasteiger partial charge < -0.3 is 10.6 Å². The second-order valence-electron chi connectivity index (χ2n) is 7.16. The number of carbonyl (C=O) groups excluding carboxylic acids is 1. The Morgan fingerprint density at radius 3 is 2.64 bits per heavy atom. The van der Waals surface area contributed by atoms with Gasteiger partial charge in [0, 0.05) is 24.6 Å². The Morgan fingerprint density at radius 2 is 1.96 bits per heavy atom. The van der Waals surface area contributed by atoms with E-state index in [1.54, 1.807) is 18.5 Å². The van der Waals surface area contributed by atoms with Crippen LogP contribution in [0.25, 0.3) is 0 Å². The molecule has 1 fully saturated rings. The second kappa shape index (κ2) is 8.68. The number of anilines is 1. The van der Waals surface area contributed by atoms with Gasteiger partial charge in [0.15, 0.2) is 9.84 Å². The van der Waals surface area contributed by atoms with Gasteiger partial charge in [-0.15, -0.1) is 0 Å². The number of rotatable bonds is 5. The number of nitrogens with zero attached hydrogens (tertiary/aromatic N) is 1. The molecule has 1 aliphatic carbocycles. The molecule has 1 aromatic heterocycles. The van der Waals surface area contributed by atoms with Crippen LogP contribution in [-0.4, -0.2) is 30.9 Å². The van der Waals surface area contributed by atoms with Crippen LogP contribution in [0.5, 0.6) is 0 Å². The fourth-order valence-corrected chi connectivity index (χ4v) is 5.50. The van der Waals surface area contributed by atoms with Gasteiger partial charge in [-0.1, -0.05) is 13.0 Å². The van der Waals surface area contributed by atoms with E-state index in [4.69, 9.17) is 0 Å². The van der Waals surface area contributed by atoms with Crippen LogP contribution in [0.2, 0.25) is 0 Å². The molecule has 0 aliphatic heterocycles. The van der Waals surface area contributed by atoms with Gasteiger partial charge >= 0.3 is 6.03 Å². The summed E-state index contributed by atoms with van der Waals surface area (Å²) in [5, 5.41) is 4.66. The number of sulfone groups is 1. The first-order chi connectivity index (χ1) is 13.4. The molecule has 0 spiro atoms. The number of benzene rings is 1. The third-order valence-corrected chi connectivity index (χ3v) is 7.46. The highest BCUT2D eigenvalue weighted by Gasteiger charge is 2.37. The fourth-order valence-electron chi connectivity index (χ4n) is 3.43. The van der Waals surface area contributed by atoms with E-state index in [1.807, 2.05) is 13.0 Å². The van der Waals surface area contributed by atoms with Gasteiger partial charge in [0.05, 0.1) is 10.1 Å². The number of hydrogen-bond donors (Lipinski definition) is 2. The first kappa shape index (κ1) is 20.3. The van der Waals surface area contributed by atoms with Crippen molar-refractivity contribution in [1.82, 2.24) is 10.3 Å². The van der Waals surface area contributed by atoms with Crippen LogP contribution in [0.4, 0.5) is 14.9 Å². The van der Waals surface area contributed by atoms with Gasteiger partial charge in [-0.05, 0) is 61.1 Å². The van der Waals surface area contributed by atoms with Gasteiger partial charge in [-0.25, -0.2) is 17.6 Å². The van der Waals surface area contributed by atoms with Crippen molar-refractivity contribution in [2.45, 2.75) is 49.0 Å². The van der Waals surface area contributed by atoms with Crippen molar-refractivity contribution < 1.29 is 17.6 Å². The van der Waals surface area contributed by atoms with Crippen molar-refractivity contribution >= 4 is 21.6 Å². The molecular formula is C20H24FN3O3S. The Hall–Kier alpha value is -2.48. The van der Waals surface area contributed by atoms with Crippen LogP contribution in [0.15, 0.2) is 53.7 Å². The highest BCUT2D eigenvalue weighted by atomic mass is 32.2.